The van der Waals surface area contributed by atoms with E-state index in [1.807, 2.05) is 18.2 Å². The Balaban J connectivity index is 1.28. The second kappa shape index (κ2) is 11.0. The van der Waals surface area contributed by atoms with Crippen LogP contribution in [0.25, 0.3) is 17.1 Å². The molecule has 2 aromatic heterocycles. The number of aromatic nitrogens is 7. The Kier molecular flexibility index (Phi) is 7.17. The first-order chi connectivity index (χ1) is 17.3. The monoisotopic (exact) mass is 466 g/mol. The zero-order chi connectivity index (χ0) is 23.9. The van der Waals surface area contributed by atoms with Crippen LogP contribution < -0.4 is 0 Å². The maximum atomic E-state index is 4.94. The summed E-state index contributed by atoms with van der Waals surface area (Å²) in [6.45, 7) is 3.12. The SMILES string of the molecule is CCCCn1nc(CCc2ccccc2)nc1CC1C=NC(c2ccccc2-c2nn[nH]n2)=CC1. The van der Waals surface area contributed by atoms with Crippen LogP contribution in [-0.2, 0) is 25.8 Å². The van der Waals surface area contributed by atoms with Crippen LogP contribution in [0.15, 0.2) is 65.7 Å². The van der Waals surface area contributed by atoms with Gasteiger partial charge in [0.25, 0.3) is 0 Å². The number of unbranched alkanes of at least 4 members (excludes halogenated alkanes) is 1. The normalized spacial score (nSPS) is 15.3. The van der Waals surface area contributed by atoms with Crippen molar-refractivity contribution >= 4 is 11.9 Å². The van der Waals surface area contributed by atoms with Gasteiger partial charge in [-0.25, -0.2) is 9.67 Å². The van der Waals surface area contributed by atoms with Gasteiger partial charge in [-0.2, -0.15) is 10.3 Å². The topological polar surface area (TPSA) is 97.5 Å². The van der Waals surface area contributed by atoms with E-state index in [0.717, 1.165) is 73.5 Å². The standard InChI is InChI=1S/C27H30N8/c1-2-3-17-35-26(29-25(32-35)16-14-20-9-5-4-6-10-20)18-21-13-15-24(28-19-21)22-11-7-8-12-23(22)27-30-33-34-31-27/h4-12,15,19,21H,2-3,13-14,16-18H2,1H3,(H,30,31,33,34). The third kappa shape index (κ3) is 5.59. The highest BCUT2D eigenvalue weighted by atomic mass is 15.5. The van der Waals surface area contributed by atoms with Gasteiger partial charge >= 0.3 is 0 Å². The maximum absolute atomic E-state index is 4.94. The number of H-pyrrole nitrogens is 1. The summed E-state index contributed by atoms with van der Waals surface area (Å²) >= 11 is 0. The Bertz CT molecular complexity index is 1290. The van der Waals surface area contributed by atoms with E-state index in [9.17, 15) is 0 Å². The quantitative estimate of drug-likeness (QED) is 0.365. The number of rotatable bonds is 10. The number of nitrogens with zero attached hydrogens (tertiary/aromatic N) is 7. The van der Waals surface area contributed by atoms with Gasteiger partial charge in [0.05, 0.1) is 5.70 Å². The molecule has 35 heavy (non-hydrogen) atoms. The fourth-order valence-electron chi connectivity index (χ4n) is 4.36. The molecular weight excluding hydrogens is 436 g/mol. The average Bonchev–Trinajstić information content (AvgIpc) is 3.58. The van der Waals surface area contributed by atoms with Gasteiger partial charge in [0.15, 0.2) is 5.82 Å². The minimum Gasteiger partial charge on any atom is -0.261 e. The second-order valence-electron chi connectivity index (χ2n) is 8.85. The predicted octanol–water partition coefficient (Wildman–Crippen LogP) is 4.72. The number of aliphatic imine (C=N–C) groups is 1. The van der Waals surface area contributed by atoms with Gasteiger partial charge in [-0.05, 0) is 30.0 Å². The third-order valence-electron chi connectivity index (χ3n) is 6.27. The fraction of sp³-hybridized carbons (Fsp3) is 0.333. The van der Waals surface area contributed by atoms with Gasteiger partial charge in [0, 0.05) is 42.6 Å². The molecule has 3 heterocycles. The van der Waals surface area contributed by atoms with E-state index in [-0.39, 0.29) is 0 Å². The van der Waals surface area contributed by atoms with Crippen molar-refractivity contribution in [3.8, 4) is 11.4 Å². The molecule has 5 rings (SSSR count). The van der Waals surface area contributed by atoms with Crippen LogP contribution in [0.5, 0.6) is 0 Å². The second-order valence-corrected chi connectivity index (χ2v) is 8.85. The number of tetrazole rings is 1. The van der Waals surface area contributed by atoms with Crippen molar-refractivity contribution in [1.29, 1.82) is 0 Å². The molecule has 0 fully saturated rings. The van der Waals surface area contributed by atoms with Gasteiger partial charge in [-0.1, -0.05) is 74.0 Å². The van der Waals surface area contributed by atoms with E-state index in [4.69, 9.17) is 15.1 Å². The molecule has 1 aliphatic heterocycles. The summed E-state index contributed by atoms with van der Waals surface area (Å²) in [4.78, 5) is 9.75. The molecule has 0 amide bonds. The maximum Gasteiger partial charge on any atom is 0.205 e. The van der Waals surface area contributed by atoms with Gasteiger partial charge in [0.1, 0.15) is 5.82 Å². The highest BCUT2D eigenvalue weighted by Gasteiger charge is 2.19. The summed E-state index contributed by atoms with van der Waals surface area (Å²) in [5.74, 6) is 2.86. The number of allylic oxidation sites excluding steroid dienone is 1. The molecule has 0 aliphatic carbocycles. The number of aryl methyl sites for hydroxylation is 3. The lowest BCUT2D eigenvalue weighted by Crippen LogP contribution is -2.14. The van der Waals surface area contributed by atoms with Gasteiger partial charge in [-0.15, -0.1) is 10.2 Å². The molecule has 0 spiro atoms. The molecule has 1 unspecified atom stereocenters. The lowest BCUT2D eigenvalue weighted by Gasteiger charge is -2.16. The smallest absolute Gasteiger partial charge is 0.205 e. The van der Waals surface area contributed by atoms with Crippen molar-refractivity contribution in [2.24, 2.45) is 10.9 Å². The highest BCUT2D eigenvalue weighted by molar-refractivity contribution is 5.84. The van der Waals surface area contributed by atoms with Crippen molar-refractivity contribution in [2.45, 2.75) is 52.0 Å². The minimum absolute atomic E-state index is 0.294. The Hall–Kier alpha value is -3.94. The van der Waals surface area contributed by atoms with Crippen molar-refractivity contribution in [3.63, 3.8) is 0 Å². The highest BCUT2D eigenvalue weighted by Crippen LogP contribution is 2.30. The summed E-state index contributed by atoms with van der Waals surface area (Å²) in [7, 11) is 0. The van der Waals surface area contributed by atoms with Crippen LogP contribution in [0.2, 0.25) is 0 Å². The summed E-state index contributed by atoms with van der Waals surface area (Å²) in [5, 5.41) is 19.4. The molecule has 8 nitrogen and oxygen atoms in total. The summed E-state index contributed by atoms with van der Waals surface area (Å²) in [6, 6.07) is 18.6. The molecule has 2 aromatic carbocycles. The number of aromatic amines is 1. The van der Waals surface area contributed by atoms with Crippen molar-refractivity contribution in [1.82, 2.24) is 35.4 Å². The molecule has 0 saturated carbocycles. The van der Waals surface area contributed by atoms with Crippen LogP contribution in [0.3, 0.4) is 0 Å². The predicted molar refractivity (Wildman–Crippen MR) is 137 cm³/mol. The molecule has 8 heteroatoms. The van der Waals surface area contributed by atoms with Gasteiger partial charge in [0.2, 0.25) is 5.82 Å². The largest absolute Gasteiger partial charge is 0.261 e. The first-order valence-electron chi connectivity index (χ1n) is 12.3. The molecule has 1 atom stereocenters. The number of hydrogen-bond acceptors (Lipinski definition) is 6. The molecule has 0 radical (unpaired) electrons. The Morgan fingerprint density at radius 3 is 2.57 bits per heavy atom. The fourth-order valence-corrected chi connectivity index (χ4v) is 4.36. The minimum atomic E-state index is 0.294. The van der Waals surface area contributed by atoms with E-state index in [2.05, 4.69) is 80.9 Å². The summed E-state index contributed by atoms with van der Waals surface area (Å²) in [6.07, 6.45) is 10.0. The van der Waals surface area contributed by atoms with Gasteiger partial charge < -0.3 is 0 Å². The molecule has 1 aliphatic rings. The molecule has 4 aromatic rings. The zero-order valence-corrected chi connectivity index (χ0v) is 20.0. The summed E-state index contributed by atoms with van der Waals surface area (Å²) in [5.41, 5.74) is 4.19. The van der Waals surface area contributed by atoms with E-state index < -0.39 is 0 Å². The number of nitrogens with one attached hydrogen (secondary N) is 1. The van der Waals surface area contributed by atoms with Crippen LogP contribution in [0.1, 0.15) is 49.0 Å². The first kappa shape index (κ1) is 22.8. The van der Waals surface area contributed by atoms with E-state index in [1.54, 1.807) is 0 Å². The van der Waals surface area contributed by atoms with Crippen LogP contribution >= 0.6 is 0 Å². The van der Waals surface area contributed by atoms with Crippen molar-refractivity contribution < 1.29 is 0 Å². The lowest BCUT2D eigenvalue weighted by molar-refractivity contribution is 0.524. The Labute approximate surface area is 205 Å². The third-order valence-corrected chi connectivity index (χ3v) is 6.27. The molecule has 0 bridgehead atoms. The van der Waals surface area contributed by atoms with Gasteiger partial charge in [-0.3, -0.25) is 4.99 Å². The Morgan fingerprint density at radius 1 is 1.00 bits per heavy atom. The Morgan fingerprint density at radius 2 is 1.83 bits per heavy atom. The number of benzene rings is 2. The van der Waals surface area contributed by atoms with Crippen LogP contribution in [-0.4, -0.2) is 41.6 Å². The van der Waals surface area contributed by atoms with Crippen LogP contribution in [0.4, 0.5) is 0 Å². The first-order valence-corrected chi connectivity index (χ1v) is 12.3. The van der Waals surface area contributed by atoms with E-state index in [1.165, 1.54) is 5.56 Å². The van der Waals surface area contributed by atoms with Crippen LogP contribution in [0, 0.1) is 5.92 Å². The van der Waals surface area contributed by atoms with E-state index >= 15 is 0 Å². The van der Waals surface area contributed by atoms with Crippen molar-refractivity contribution in [2.75, 3.05) is 0 Å². The lowest BCUT2D eigenvalue weighted by atomic mass is 9.96. The number of hydrogen-bond donors (Lipinski definition) is 1. The zero-order valence-electron chi connectivity index (χ0n) is 20.0. The molecule has 1 N–H and O–H groups in total. The van der Waals surface area contributed by atoms with Crippen molar-refractivity contribution in [3.05, 3.63) is 83.4 Å². The molecule has 0 saturated heterocycles. The molecular formula is C27H30N8. The van der Waals surface area contributed by atoms with E-state index in [0.29, 0.717) is 11.7 Å². The molecule has 178 valence electrons. The average molecular weight is 467 g/mol. The summed E-state index contributed by atoms with van der Waals surface area (Å²) < 4.78 is 2.11.